The van der Waals surface area contributed by atoms with Crippen LogP contribution in [0.5, 0.6) is 0 Å². The number of ether oxygens (including phenoxy) is 3. The van der Waals surface area contributed by atoms with Crippen LogP contribution in [0.15, 0.2) is 85.1 Å². The van der Waals surface area contributed by atoms with Crippen molar-refractivity contribution < 1.29 is 28.6 Å². The third-order valence-corrected chi connectivity index (χ3v) is 12.9. The number of carbonyl (C=O) groups is 3. The second-order valence-corrected chi connectivity index (χ2v) is 19.9. The highest BCUT2D eigenvalue weighted by Gasteiger charge is 2.19. The van der Waals surface area contributed by atoms with Gasteiger partial charge in [-0.15, -0.1) is 0 Å². The van der Waals surface area contributed by atoms with Crippen molar-refractivity contribution in [1.82, 2.24) is 0 Å². The van der Waals surface area contributed by atoms with Gasteiger partial charge in [0.2, 0.25) is 0 Å². The third-order valence-electron chi connectivity index (χ3n) is 12.9. The van der Waals surface area contributed by atoms with Crippen LogP contribution in [0.3, 0.4) is 0 Å². The van der Waals surface area contributed by atoms with Crippen molar-refractivity contribution >= 4 is 17.9 Å². The summed E-state index contributed by atoms with van der Waals surface area (Å²) in [6.07, 6.45) is 77.1. The maximum absolute atomic E-state index is 12.9. The fraction of sp³-hybridized carbons (Fsp3) is 0.738. The first-order valence-corrected chi connectivity index (χ1v) is 30.1. The van der Waals surface area contributed by atoms with Crippen molar-refractivity contribution in [2.24, 2.45) is 0 Å². The van der Waals surface area contributed by atoms with Gasteiger partial charge in [0, 0.05) is 19.3 Å². The molecule has 0 radical (unpaired) electrons. The van der Waals surface area contributed by atoms with E-state index in [0.29, 0.717) is 19.3 Å². The first-order valence-electron chi connectivity index (χ1n) is 30.1. The van der Waals surface area contributed by atoms with E-state index in [-0.39, 0.29) is 31.1 Å². The molecule has 6 heteroatoms. The number of hydrogen-bond acceptors (Lipinski definition) is 6. The Morgan fingerprint density at radius 2 is 0.549 bits per heavy atom. The lowest BCUT2D eigenvalue weighted by Crippen LogP contribution is -2.30. The number of rotatable bonds is 54. The van der Waals surface area contributed by atoms with Crippen molar-refractivity contribution in [3.8, 4) is 0 Å². The number of hydrogen-bond donors (Lipinski definition) is 0. The summed E-state index contributed by atoms with van der Waals surface area (Å²) in [6.45, 7) is 6.51. The Hall–Kier alpha value is -3.41. The molecule has 0 aromatic heterocycles. The molecule has 0 fully saturated rings. The summed E-state index contributed by atoms with van der Waals surface area (Å²) >= 11 is 0. The number of allylic oxidation sites excluding steroid dienone is 14. The maximum atomic E-state index is 12.9. The minimum absolute atomic E-state index is 0.0899. The minimum atomic E-state index is -0.793. The molecule has 0 rings (SSSR count). The molecular formula is C65H112O6. The summed E-state index contributed by atoms with van der Waals surface area (Å²) in [4.78, 5) is 38.2. The number of carbonyl (C=O) groups excluding carboxylic acids is 3. The summed E-state index contributed by atoms with van der Waals surface area (Å²) in [6, 6.07) is 0. The van der Waals surface area contributed by atoms with Crippen molar-refractivity contribution in [2.45, 2.75) is 297 Å². The summed E-state index contributed by atoms with van der Waals surface area (Å²) in [5.41, 5.74) is 0. The summed E-state index contributed by atoms with van der Waals surface area (Å²) in [5.74, 6) is -0.917. The van der Waals surface area contributed by atoms with Gasteiger partial charge in [-0.2, -0.15) is 0 Å². The Balaban J connectivity index is 4.43. The first kappa shape index (κ1) is 67.6. The molecule has 0 aromatic carbocycles. The fourth-order valence-electron chi connectivity index (χ4n) is 8.34. The van der Waals surface area contributed by atoms with E-state index in [9.17, 15) is 14.4 Å². The van der Waals surface area contributed by atoms with Gasteiger partial charge in [-0.3, -0.25) is 14.4 Å². The molecule has 0 amide bonds. The fourth-order valence-corrected chi connectivity index (χ4v) is 8.34. The average molecular weight is 990 g/mol. The molecule has 0 saturated heterocycles. The Bertz CT molecular complexity index is 1370. The van der Waals surface area contributed by atoms with E-state index < -0.39 is 6.10 Å². The molecule has 408 valence electrons. The highest BCUT2D eigenvalue weighted by Crippen LogP contribution is 2.15. The van der Waals surface area contributed by atoms with Crippen LogP contribution in [0.25, 0.3) is 0 Å². The van der Waals surface area contributed by atoms with E-state index in [2.05, 4.69) is 106 Å². The topological polar surface area (TPSA) is 78.9 Å². The monoisotopic (exact) mass is 989 g/mol. The van der Waals surface area contributed by atoms with E-state index >= 15 is 0 Å². The van der Waals surface area contributed by atoms with Crippen LogP contribution in [0.4, 0.5) is 0 Å². The highest BCUT2D eigenvalue weighted by atomic mass is 16.6. The Kier molecular flexibility index (Phi) is 56.3. The van der Waals surface area contributed by atoms with Crippen molar-refractivity contribution in [3.05, 3.63) is 85.1 Å². The van der Waals surface area contributed by atoms with Gasteiger partial charge in [0.15, 0.2) is 6.10 Å². The Morgan fingerprint density at radius 3 is 0.873 bits per heavy atom. The summed E-state index contributed by atoms with van der Waals surface area (Å²) in [7, 11) is 0. The van der Waals surface area contributed by atoms with Crippen molar-refractivity contribution in [1.29, 1.82) is 0 Å². The molecule has 0 bridgehead atoms. The predicted molar refractivity (Wildman–Crippen MR) is 307 cm³/mol. The maximum Gasteiger partial charge on any atom is 0.306 e. The molecule has 1 unspecified atom stereocenters. The molecule has 0 aromatic rings. The van der Waals surface area contributed by atoms with Gasteiger partial charge in [-0.05, 0) is 116 Å². The molecule has 0 aliphatic carbocycles. The SMILES string of the molecule is CC/C=C\C/C=C\C/C=C\C/C=C\C/C=C\CCCCCCCC(=O)OCC(COC(=O)CCCCCCC/C=C\CCCCCCCCC)OC(=O)CCCCCCC/C=C\CCCCCCCCC. The van der Waals surface area contributed by atoms with Gasteiger partial charge < -0.3 is 14.2 Å². The molecular weight excluding hydrogens is 877 g/mol. The second-order valence-electron chi connectivity index (χ2n) is 19.9. The van der Waals surface area contributed by atoms with Crippen LogP contribution in [-0.2, 0) is 28.6 Å². The van der Waals surface area contributed by atoms with E-state index in [1.54, 1.807) is 0 Å². The van der Waals surface area contributed by atoms with E-state index in [4.69, 9.17) is 14.2 Å². The lowest BCUT2D eigenvalue weighted by molar-refractivity contribution is -0.167. The van der Waals surface area contributed by atoms with Gasteiger partial charge in [0.1, 0.15) is 13.2 Å². The summed E-state index contributed by atoms with van der Waals surface area (Å²) in [5, 5.41) is 0. The zero-order chi connectivity index (χ0) is 51.4. The van der Waals surface area contributed by atoms with Gasteiger partial charge in [0.25, 0.3) is 0 Å². The Morgan fingerprint density at radius 1 is 0.296 bits per heavy atom. The average Bonchev–Trinajstić information content (AvgIpc) is 3.37. The van der Waals surface area contributed by atoms with Crippen molar-refractivity contribution in [2.75, 3.05) is 13.2 Å². The molecule has 0 aliphatic heterocycles. The zero-order valence-electron chi connectivity index (χ0n) is 46.7. The van der Waals surface area contributed by atoms with Crippen LogP contribution in [0.2, 0.25) is 0 Å². The second kappa shape index (κ2) is 59.2. The van der Waals surface area contributed by atoms with Crippen LogP contribution in [-0.4, -0.2) is 37.2 Å². The first-order chi connectivity index (χ1) is 35.0. The van der Waals surface area contributed by atoms with Gasteiger partial charge in [-0.1, -0.05) is 241 Å². The quantitative estimate of drug-likeness (QED) is 0.0261. The molecule has 0 aliphatic rings. The van der Waals surface area contributed by atoms with Crippen LogP contribution >= 0.6 is 0 Å². The minimum Gasteiger partial charge on any atom is -0.462 e. The van der Waals surface area contributed by atoms with Crippen LogP contribution < -0.4 is 0 Å². The van der Waals surface area contributed by atoms with E-state index in [1.807, 2.05) is 0 Å². The molecule has 71 heavy (non-hydrogen) atoms. The van der Waals surface area contributed by atoms with Crippen LogP contribution in [0, 0.1) is 0 Å². The molecule has 0 N–H and O–H groups in total. The molecule has 0 saturated carbocycles. The largest absolute Gasteiger partial charge is 0.462 e. The third kappa shape index (κ3) is 57.4. The normalized spacial score (nSPS) is 12.7. The smallest absolute Gasteiger partial charge is 0.306 e. The van der Waals surface area contributed by atoms with Crippen LogP contribution in [0.1, 0.15) is 290 Å². The highest BCUT2D eigenvalue weighted by molar-refractivity contribution is 5.71. The lowest BCUT2D eigenvalue weighted by Gasteiger charge is -2.18. The molecule has 1 atom stereocenters. The van der Waals surface area contributed by atoms with Crippen molar-refractivity contribution in [3.63, 3.8) is 0 Å². The van der Waals surface area contributed by atoms with E-state index in [0.717, 1.165) is 128 Å². The predicted octanol–water partition coefficient (Wildman–Crippen LogP) is 20.3. The molecule has 0 heterocycles. The number of unbranched alkanes of at least 4 members (excludes halogenated alkanes) is 29. The van der Waals surface area contributed by atoms with E-state index in [1.165, 1.54) is 122 Å². The zero-order valence-corrected chi connectivity index (χ0v) is 46.7. The standard InChI is InChI=1S/C65H112O6/c1-4-7-10-13-16-19-22-25-28-31-32-33-34-35-38-40-43-46-49-52-55-58-64(67)70-61-62(71-65(68)59-56-53-50-47-44-41-37-30-27-24-21-18-15-12-9-6-3)60-69-63(66)57-54-51-48-45-42-39-36-29-26-23-20-17-14-11-8-5-2/h7,10,16,19,25,28-30,32-33,35-38,62H,4-6,8-9,11-15,17-18,20-24,26-27,31,34,39-61H2,1-3H3/b10-7-,19-16-,28-25-,33-32-,36-29-,37-30-,38-35-. The van der Waals surface area contributed by atoms with Gasteiger partial charge >= 0.3 is 17.9 Å². The molecule has 0 spiro atoms. The lowest BCUT2D eigenvalue weighted by atomic mass is 10.1. The van der Waals surface area contributed by atoms with Gasteiger partial charge in [-0.25, -0.2) is 0 Å². The summed E-state index contributed by atoms with van der Waals surface area (Å²) < 4.78 is 16.9. The van der Waals surface area contributed by atoms with Gasteiger partial charge in [0.05, 0.1) is 0 Å². The Labute approximate surface area is 439 Å². The number of esters is 3. The molecule has 6 nitrogen and oxygen atoms in total.